The van der Waals surface area contributed by atoms with Crippen molar-refractivity contribution in [2.45, 2.75) is 62.1 Å². The van der Waals surface area contributed by atoms with Crippen molar-refractivity contribution < 1.29 is 32.1 Å². The molecular formula is C38H36F4N6O3. The van der Waals surface area contributed by atoms with Gasteiger partial charge in [-0.05, 0) is 81.0 Å². The van der Waals surface area contributed by atoms with E-state index in [1.165, 1.54) is 31.4 Å². The smallest absolute Gasteiger partial charge is 0.319 e. The van der Waals surface area contributed by atoms with Gasteiger partial charge in [-0.15, -0.1) is 6.42 Å². The number of terminal acetylenes is 1. The van der Waals surface area contributed by atoms with Crippen LogP contribution >= 0.6 is 0 Å². The average molecular weight is 701 g/mol. The van der Waals surface area contributed by atoms with Gasteiger partial charge in [-0.2, -0.15) is 18.7 Å². The number of rotatable bonds is 7. The van der Waals surface area contributed by atoms with Gasteiger partial charge in [0.1, 0.15) is 40.6 Å². The highest BCUT2D eigenvalue weighted by Crippen LogP contribution is 2.50. The number of phenols is 1. The molecule has 2 bridgehead atoms. The number of pyridine rings is 1. The Morgan fingerprint density at radius 2 is 1.96 bits per heavy atom. The molecular weight excluding hydrogens is 664 g/mol. The van der Waals surface area contributed by atoms with E-state index < -0.39 is 23.3 Å². The zero-order chi connectivity index (χ0) is 35.2. The van der Waals surface area contributed by atoms with Gasteiger partial charge in [0, 0.05) is 47.7 Å². The fraction of sp³-hybridized carbons (Fsp3) is 0.447. The molecule has 0 amide bonds. The van der Waals surface area contributed by atoms with E-state index in [4.69, 9.17) is 20.9 Å². The highest BCUT2D eigenvalue weighted by molar-refractivity contribution is 6.04. The number of halogens is 4. The minimum atomic E-state index is -1.66. The number of piperazine rings is 1. The molecule has 4 aliphatic heterocycles. The average Bonchev–Trinajstić information content (AvgIpc) is 3.73. The van der Waals surface area contributed by atoms with Gasteiger partial charge in [0.2, 0.25) is 5.88 Å². The molecule has 9 nitrogen and oxygen atoms in total. The quantitative estimate of drug-likeness (QED) is 0.170. The van der Waals surface area contributed by atoms with Crippen LogP contribution < -0.4 is 19.7 Å². The van der Waals surface area contributed by atoms with Gasteiger partial charge in [0.25, 0.3) is 6.08 Å². The van der Waals surface area contributed by atoms with Gasteiger partial charge in [0.15, 0.2) is 5.82 Å². The van der Waals surface area contributed by atoms with Crippen molar-refractivity contribution in [3.05, 3.63) is 53.1 Å². The van der Waals surface area contributed by atoms with Crippen LogP contribution in [-0.2, 0) is 0 Å². The predicted octanol–water partition coefficient (Wildman–Crippen LogP) is 6.31. The lowest BCUT2D eigenvalue weighted by Gasteiger charge is -2.42. The third-order valence-corrected chi connectivity index (χ3v) is 11.8. The summed E-state index contributed by atoms with van der Waals surface area (Å²) in [6.07, 6.45) is 10.1. The number of nitrogens with one attached hydrogen (secondary N) is 1. The van der Waals surface area contributed by atoms with Gasteiger partial charge < -0.3 is 24.8 Å². The van der Waals surface area contributed by atoms with Crippen LogP contribution in [0.25, 0.3) is 32.9 Å². The minimum absolute atomic E-state index is 0.0361. The second-order valence-corrected chi connectivity index (χ2v) is 14.8. The molecule has 2 aromatic heterocycles. The predicted molar refractivity (Wildman–Crippen MR) is 183 cm³/mol. The third-order valence-electron chi connectivity index (χ3n) is 11.8. The van der Waals surface area contributed by atoms with Crippen molar-refractivity contribution in [1.29, 1.82) is 0 Å². The number of ether oxygens (including phenoxy) is 2. The summed E-state index contributed by atoms with van der Waals surface area (Å²) in [5.74, 6) is 1.61. The molecule has 3 atom stereocenters. The van der Waals surface area contributed by atoms with Crippen molar-refractivity contribution in [2.75, 3.05) is 44.8 Å². The SMILES string of the molecule is C#Cc1c(F)ccc2cc(O)cc(-c3nc(OC)c4c(N5C[C@@H]6CC[C@](C7CC7)(C5)N6)nc(OC[C@@]56CCCN5CC(=C(F)F)C6)nc4c3F)c12. The van der Waals surface area contributed by atoms with Gasteiger partial charge >= 0.3 is 6.01 Å². The first-order valence-electron chi connectivity index (χ1n) is 17.4. The van der Waals surface area contributed by atoms with Crippen LogP contribution in [0.4, 0.5) is 23.4 Å². The lowest BCUT2D eigenvalue weighted by molar-refractivity contribution is 0.108. The highest BCUT2D eigenvalue weighted by Gasteiger charge is 2.54. The van der Waals surface area contributed by atoms with Crippen LogP contribution in [0.15, 0.2) is 35.9 Å². The van der Waals surface area contributed by atoms with E-state index in [9.17, 15) is 13.9 Å². The summed E-state index contributed by atoms with van der Waals surface area (Å²) in [4.78, 5) is 18.3. The topological polar surface area (TPSA) is 95.9 Å². The Balaban J connectivity index is 1.23. The van der Waals surface area contributed by atoms with Crippen LogP contribution in [0.1, 0.15) is 50.5 Å². The van der Waals surface area contributed by atoms with E-state index in [1.807, 2.05) is 4.90 Å². The molecule has 5 aliphatic rings. The Bertz CT molecular complexity index is 2200. The van der Waals surface area contributed by atoms with Crippen LogP contribution in [-0.4, -0.2) is 82.0 Å². The first-order chi connectivity index (χ1) is 24.6. The second-order valence-electron chi connectivity index (χ2n) is 14.8. The lowest BCUT2D eigenvalue weighted by Crippen LogP contribution is -2.61. The van der Waals surface area contributed by atoms with Gasteiger partial charge in [-0.3, -0.25) is 4.90 Å². The van der Waals surface area contributed by atoms with Crippen molar-refractivity contribution in [3.63, 3.8) is 0 Å². The molecule has 4 aromatic rings. The molecule has 264 valence electrons. The Morgan fingerprint density at radius 3 is 2.73 bits per heavy atom. The maximum absolute atomic E-state index is 17.2. The number of aromatic nitrogens is 3. The molecule has 1 saturated carbocycles. The molecule has 6 heterocycles. The molecule has 9 rings (SSSR count). The van der Waals surface area contributed by atoms with Crippen LogP contribution in [0, 0.1) is 29.9 Å². The molecule has 0 radical (unpaired) electrons. The van der Waals surface area contributed by atoms with E-state index in [0.717, 1.165) is 32.1 Å². The van der Waals surface area contributed by atoms with Crippen molar-refractivity contribution in [2.24, 2.45) is 5.92 Å². The lowest BCUT2D eigenvalue weighted by atomic mass is 9.90. The molecule has 5 fully saturated rings. The number of phenolic OH excluding ortho intramolecular Hbond substituents is 1. The molecule has 1 aliphatic carbocycles. The summed E-state index contributed by atoms with van der Waals surface area (Å²) in [6, 6.07) is 5.46. The van der Waals surface area contributed by atoms with Crippen molar-refractivity contribution >= 4 is 27.5 Å². The fourth-order valence-corrected chi connectivity index (χ4v) is 9.30. The van der Waals surface area contributed by atoms with Gasteiger partial charge in [-0.25, -0.2) is 13.8 Å². The number of nitrogens with zero attached hydrogens (tertiary/aromatic N) is 5. The largest absolute Gasteiger partial charge is 0.508 e. The fourth-order valence-electron chi connectivity index (χ4n) is 9.30. The molecule has 2 N–H and O–H groups in total. The number of fused-ring (bicyclic) bond motifs is 5. The maximum atomic E-state index is 17.2. The van der Waals surface area contributed by atoms with Gasteiger partial charge in [-0.1, -0.05) is 12.0 Å². The van der Waals surface area contributed by atoms with Crippen LogP contribution in [0.5, 0.6) is 17.6 Å². The number of methoxy groups -OCH3 is 1. The summed E-state index contributed by atoms with van der Waals surface area (Å²) in [5.41, 5.74) is -1.07. The van der Waals surface area contributed by atoms with Crippen LogP contribution in [0.3, 0.4) is 0 Å². The number of anilines is 1. The first kappa shape index (κ1) is 32.3. The van der Waals surface area contributed by atoms with E-state index in [-0.39, 0.29) is 87.5 Å². The zero-order valence-corrected chi connectivity index (χ0v) is 28.0. The Hall–Kier alpha value is -4.67. The van der Waals surface area contributed by atoms with E-state index in [0.29, 0.717) is 43.2 Å². The summed E-state index contributed by atoms with van der Waals surface area (Å²) in [7, 11) is 1.42. The molecule has 51 heavy (non-hydrogen) atoms. The third kappa shape index (κ3) is 5.09. The van der Waals surface area contributed by atoms with Crippen molar-refractivity contribution in [1.82, 2.24) is 25.2 Å². The highest BCUT2D eigenvalue weighted by atomic mass is 19.3. The summed E-state index contributed by atoms with van der Waals surface area (Å²) >= 11 is 0. The van der Waals surface area contributed by atoms with Crippen molar-refractivity contribution in [3.8, 4) is 41.2 Å². The number of hydrogen-bond acceptors (Lipinski definition) is 9. The number of aromatic hydroxyl groups is 1. The molecule has 2 aromatic carbocycles. The minimum Gasteiger partial charge on any atom is -0.508 e. The summed E-state index contributed by atoms with van der Waals surface area (Å²) in [6.45, 7) is 2.14. The molecule has 13 heteroatoms. The van der Waals surface area contributed by atoms with E-state index >= 15 is 8.78 Å². The van der Waals surface area contributed by atoms with E-state index in [1.54, 1.807) is 0 Å². The Labute approximate surface area is 291 Å². The normalized spacial score (nSPS) is 25.8. The van der Waals surface area contributed by atoms with E-state index in [2.05, 4.69) is 26.1 Å². The number of benzene rings is 2. The maximum Gasteiger partial charge on any atom is 0.319 e. The number of hydrogen-bond donors (Lipinski definition) is 2. The first-order valence-corrected chi connectivity index (χ1v) is 17.4. The second kappa shape index (κ2) is 11.7. The zero-order valence-electron chi connectivity index (χ0n) is 28.0. The summed E-state index contributed by atoms with van der Waals surface area (Å²) < 4.78 is 71.9. The van der Waals surface area contributed by atoms with Crippen LogP contribution in [0.2, 0.25) is 0 Å². The van der Waals surface area contributed by atoms with Gasteiger partial charge in [0.05, 0.1) is 18.2 Å². The Kier molecular flexibility index (Phi) is 7.39. The molecule has 4 saturated heterocycles. The Morgan fingerprint density at radius 1 is 1.12 bits per heavy atom. The summed E-state index contributed by atoms with van der Waals surface area (Å²) in [5, 5.41) is 15.4. The monoisotopic (exact) mass is 700 g/mol. The standard InChI is InChI=1S/C38H36F4N6O3/c1-3-25-27(39)8-5-20-13-24(49)14-26(28(20)25)31-30(40)32-29(35(43-31)50-2)34(47-17-23-9-11-38(18-47,46-23)22-6-7-22)45-36(44-32)51-19-37-10-4-12-48(37)16-21(15-37)33(41)42/h1,5,8,13-14,22-23,46,49H,4,6-7,9-12,15-19H2,2H3/t23-,37-,38+/m0/s1. The molecule has 0 spiro atoms. The molecule has 0 unspecified atom stereocenters.